The zero-order chi connectivity index (χ0) is 30.5. The van der Waals surface area contributed by atoms with Crippen LogP contribution in [0.15, 0.2) is 102 Å². The Labute approximate surface area is 279 Å². The molecule has 0 bridgehead atoms. The van der Waals surface area contributed by atoms with Crippen LogP contribution in [0.3, 0.4) is 0 Å². The van der Waals surface area contributed by atoms with Gasteiger partial charge in [-0.25, -0.2) is 9.97 Å². The van der Waals surface area contributed by atoms with E-state index in [1.807, 2.05) is 24.3 Å². The molecule has 0 aliphatic heterocycles. The molecule has 0 saturated heterocycles. The first-order chi connectivity index (χ1) is 20.3. The van der Waals surface area contributed by atoms with Gasteiger partial charge in [0.05, 0.1) is 11.4 Å². The Morgan fingerprint density at radius 1 is 0.581 bits per heavy atom. The van der Waals surface area contributed by atoms with Gasteiger partial charge in [0.15, 0.2) is 11.6 Å². The summed E-state index contributed by atoms with van der Waals surface area (Å²) in [6, 6.07) is 17.4. The predicted octanol–water partition coefficient (Wildman–Crippen LogP) is 8.36. The number of anilines is 2. The number of halogens is 2. The van der Waals surface area contributed by atoms with Crippen molar-refractivity contribution < 1.29 is 26.7 Å². The molecule has 0 spiro atoms. The van der Waals surface area contributed by atoms with Crippen LogP contribution in [-0.2, 0) is 16.5 Å². The van der Waals surface area contributed by atoms with Crippen molar-refractivity contribution in [2.75, 3.05) is 36.0 Å². The average Bonchev–Trinajstić information content (AvgIpc) is 2.99. The molecule has 0 aliphatic carbocycles. The molecule has 2 aromatic carbocycles. The number of hydrogen-bond acceptors (Lipinski definition) is 10. The quantitative estimate of drug-likeness (QED) is 0.118. The Morgan fingerprint density at radius 3 is 1.23 bits per heavy atom. The second-order valence-electron chi connectivity index (χ2n) is 8.72. The molecule has 0 amide bonds. The second-order valence-corrected chi connectivity index (χ2v) is 10.5. The van der Waals surface area contributed by atoms with Gasteiger partial charge in [0.25, 0.3) is 0 Å². The normalized spacial score (nSPS) is 10.7. The van der Waals surface area contributed by atoms with Gasteiger partial charge in [-0.3, -0.25) is 0 Å². The molecule has 10 nitrogen and oxygen atoms in total. The number of nitrogens with zero attached hydrogens (tertiary/aromatic N) is 8. The fraction of sp³-hybridized carbons (Fsp3) is 0.267. The van der Waals surface area contributed by atoms with E-state index in [2.05, 4.69) is 99.8 Å². The molecule has 0 N–H and O–H groups in total. The maximum absolute atomic E-state index is 12.0. The molecule has 4 rings (SSSR count). The fourth-order valence-electron chi connectivity index (χ4n) is 3.81. The molecule has 2 heterocycles. The zero-order valence-electron chi connectivity index (χ0n) is 24.2. The van der Waals surface area contributed by atoms with Crippen LogP contribution in [0.25, 0.3) is 0 Å². The van der Waals surface area contributed by atoms with E-state index in [0.717, 1.165) is 46.5 Å². The van der Waals surface area contributed by atoms with Crippen molar-refractivity contribution in [1.82, 2.24) is 9.97 Å². The van der Waals surface area contributed by atoms with Crippen LogP contribution in [0.4, 0.5) is 34.4 Å². The summed E-state index contributed by atoms with van der Waals surface area (Å²) in [6.07, 6.45) is 3.27. The molecule has 43 heavy (non-hydrogen) atoms. The minimum Gasteiger partial charge on any atom is -0.871 e. The largest absolute Gasteiger partial charge is 2.00 e. The first-order valence-corrected chi connectivity index (χ1v) is 15.0. The summed E-state index contributed by atoms with van der Waals surface area (Å²) in [5.74, 6) is 0.649. The van der Waals surface area contributed by atoms with Gasteiger partial charge in [-0.05, 0) is 120 Å². The van der Waals surface area contributed by atoms with Crippen molar-refractivity contribution in [2.45, 2.75) is 27.7 Å². The average molecular weight is 755 g/mol. The Kier molecular flexibility index (Phi) is 15.2. The van der Waals surface area contributed by atoms with Gasteiger partial charge in [0.1, 0.15) is 0 Å². The summed E-state index contributed by atoms with van der Waals surface area (Å²) in [4.78, 5) is 12.4. The summed E-state index contributed by atoms with van der Waals surface area (Å²) in [5, 5.41) is 40.0. The van der Waals surface area contributed by atoms with E-state index in [1.54, 1.807) is 48.8 Å². The Hall–Kier alpha value is -3.41. The van der Waals surface area contributed by atoms with Crippen LogP contribution in [-0.4, -0.2) is 36.1 Å². The van der Waals surface area contributed by atoms with E-state index in [-0.39, 0.29) is 28.0 Å². The van der Waals surface area contributed by atoms with Crippen molar-refractivity contribution in [3.63, 3.8) is 0 Å². The van der Waals surface area contributed by atoms with Crippen LogP contribution in [0.1, 0.15) is 27.7 Å². The van der Waals surface area contributed by atoms with Crippen LogP contribution >= 0.6 is 31.9 Å². The van der Waals surface area contributed by atoms with E-state index >= 15 is 0 Å². The monoisotopic (exact) mass is 752 g/mol. The molecule has 0 radical (unpaired) electrons. The van der Waals surface area contributed by atoms with E-state index < -0.39 is 0 Å². The van der Waals surface area contributed by atoms with Gasteiger partial charge in [0.2, 0.25) is 0 Å². The summed E-state index contributed by atoms with van der Waals surface area (Å²) >= 11 is 6.60. The van der Waals surface area contributed by atoms with E-state index in [4.69, 9.17) is 0 Å². The van der Waals surface area contributed by atoms with Crippen molar-refractivity contribution in [3.05, 3.63) is 82.0 Å². The first-order valence-electron chi connectivity index (χ1n) is 13.5. The molecule has 2 aromatic heterocycles. The topological polar surface area (TPSA) is 128 Å². The molecular formula is C30H32Br2N8NiO2. The molecule has 0 saturated carbocycles. The molecule has 0 unspecified atom stereocenters. The molecule has 13 heteroatoms. The molecule has 0 aliphatic rings. The summed E-state index contributed by atoms with van der Waals surface area (Å²) in [7, 11) is 0. The van der Waals surface area contributed by atoms with Crippen LogP contribution in [0.2, 0.25) is 0 Å². The second kappa shape index (κ2) is 18.3. The zero-order valence-corrected chi connectivity index (χ0v) is 28.4. The van der Waals surface area contributed by atoms with E-state index in [9.17, 15) is 10.2 Å². The van der Waals surface area contributed by atoms with Gasteiger partial charge < -0.3 is 20.0 Å². The molecule has 0 atom stereocenters. The van der Waals surface area contributed by atoms with E-state index in [1.165, 1.54) is 0 Å². The molecule has 4 aromatic rings. The smallest absolute Gasteiger partial charge is 0.871 e. The van der Waals surface area contributed by atoms with Crippen molar-refractivity contribution in [3.8, 4) is 11.5 Å². The summed E-state index contributed by atoms with van der Waals surface area (Å²) in [5.41, 5.74) is 2.45. The first kappa shape index (κ1) is 35.8. The van der Waals surface area contributed by atoms with E-state index in [0.29, 0.717) is 23.0 Å². The standard InChI is InChI=1S/2C15H17BrN4O.Ni/c2*1-3-20(4-2)12-6-7-13(14(21)9-12)18-19-15-8-5-11(16)10-17-15;/h2*5-10,21H,3-4H2,1-2H3;/q;;+2/p-2. The van der Waals surface area contributed by atoms with Gasteiger partial charge >= 0.3 is 16.5 Å². The number of rotatable bonds is 10. The van der Waals surface area contributed by atoms with Crippen molar-refractivity contribution >= 4 is 66.2 Å². The van der Waals surface area contributed by atoms with Crippen molar-refractivity contribution in [1.29, 1.82) is 0 Å². The Bertz CT molecular complexity index is 1370. The minimum absolute atomic E-state index is 0. The summed E-state index contributed by atoms with van der Waals surface area (Å²) < 4.78 is 1.74. The summed E-state index contributed by atoms with van der Waals surface area (Å²) in [6.45, 7) is 11.7. The molecular weight excluding hydrogens is 723 g/mol. The maximum Gasteiger partial charge on any atom is 2.00 e. The van der Waals surface area contributed by atoms with Gasteiger partial charge in [-0.1, -0.05) is 11.5 Å². The number of benzene rings is 2. The minimum atomic E-state index is -0.139. The maximum atomic E-state index is 12.0. The Balaban J connectivity index is 0.000000293. The Morgan fingerprint density at radius 2 is 0.953 bits per heavy atom. The molecule has 228 valence electrons. The van der Waals surface area contributed by atoms with Crippen molar-refractivity contribution in [2.24, 2.45) is 20.5 Å². The van der Waals surface area contributed by atoms with Gasteiger partial charge in [-0.2, -0.15) is 0 Å². The van der Waals surface area contributed by atoms with Crippen LogP contribution in [0, 0.1) is 0 Å². The number of hydrogen-bond donors (Lipinski definition) is 0. The number of aromatic nitrogens is 2. The number of pyridine rings is 2. The predicted molar refractivity (Wildman–Crippen MR) is 171 cm³/mol. The van der Waals surface area contributed by atoms with Crippen LogP contribution < -0.4 is 20.0 Å². The third-order valence-corrected chi connectivity index (χ3v) is 7.03. The van der Waals surface area contributed by atoms with Crippen LogP contribution in [0.5, 0.6) is 11.5 Å². The molecule has 0 fully saturated rings. The number of azo groups is 2. The third-order valence-electron chi connectivity index (χ3n) is 6.09. The van der Waals surface area contributed by atoms with Gasteiger partial charge in [-0.15, -0.1) is 20.5 Å². The SMILES string of the molecule is CCN(CC)c1ccc(N=Nc2ccc(Br)cn2)c([O-])c1.CCN(CC)c1ccc(N=Nc2ccc(Br)cn2)c([O-])c1.[Ni+2]. The van der Waals surface area contributed by atoms with Gasteiger partial charge in [0, 0.05) is 58.9 Å². The third kappa shape index (κ3) is 11.0. The fourth-order valence-corrected chi connectivity index (χ4v) is 4.28.